The van der Waals surface area contributed by atoms with Crippen LogP contribution in [-0.4, -0.2) is 38.2 Å². The lowest BCUT2D eigenvalue weighted by Gasteiger charge is -2.20. The van der Waals surface area contributed by atoms with E-state index in [1.54, 1.807) is 17.0 Å². The van der Waals surface area contributed by atoms with Crippen LogP contribution in [-0.2, 0) is 4.79 Å². The fourth-order valence-electron chi connectivity index (χ4n) is 2.90. The highest BCUT2D eigenvalue weighted by Gasteiger charge is 2.27. The Morgan fingerprint density at radius 3 is 3.05 bits per heavy atom. The summed E-state index contributed by atoms with van der Waals surface area (Å²) >= 11 is 5.89. The Balaban J connectivity index is 1.74. The summed E-state index contributed by atoms with van der Waals surface area (Å²) in [7, 11) is 0. The van der Waals surface area contributed by atoms with E-state index in [9.17, 15) is 4.79 Å². The Labute approximate surface area is 131 Å². The van der Waals surface area contributed by atoms with Gasteiger partial charge in [0, 0.05) is 17.9 Å². The first-order chi connectivity index (χ1) is 10.1. The number of carbonyl (C=O) groups is 1. The van der Waals surface area contributed by atoms with Crippen molar-refractivity contribution in [1.82, 2.24) is 5.32 Å². The van der Waals surface area contributed by atoms with E-state index in [0.717, 1.165) is 18.7 Å². The minimum Gasteiger partial charge on any atom is -0.484 e. The van der Waals surface area contributed by atoms with Crippen LogP contribution in [0.1, 0.15) is 25.3 Å². The van der Waals surface area contributed by atoms with Crippen LogP contribution in [0.25, 0.3) is 0 Å². The van der Waals surface area contributed by atoms with Crippen LogP contribution < -0.4 is 15.0 Å². The standard InChI is InChI=1S/C16H23ClN2O2/c1-3-19-8-4-5-14(19)10-18-16(20)11-21-15-7-6-13(17)9-12(15)2/h6-7,9,14H,3-5,8,10-11H2,1-2H3,(H,18,20)/p+1/t14-/m1/s1. The van der Waals surface area contributed by atoms with E-state index in [1.165, 1.54) is 19.4 Å². The Bertz CT molecular complexity index is 493. The molecule has 1 fully saturated rings. The summed E-state index contributed by atoms with van der Waals surface area (Å²) in [6.45, 7) is 7.25. The molecule has 1 heterocycles. The predicted octanol–water partition coefficient (Wildman–Crippen LogP) is 1.21. The van der Waals surface area contributed by atoms with Crippen molar-refractivity contribution >= 4 is 17.5 Å². The number of likely N-dealkylation sites (N-methyl/N-ethyl adjacent to an activating group) is 1. The molecule has 116 valence electrons. The Morgan fingerprint density at radius 1 is 1.52 bits per heavy atom. The number of rotatable bonds is 6. The van der Waals surface area contributed by atoms with Gasteiger partial charge in [0.1, 0.15) is 11.8 Å². The Morgan fingerprint density at radius 2 is 2.33 bits per heavy atom. The second-order valence-corrected chi connectivity index (χ2v) is 6.04. The SMILES string of the molecule is CC[NH+]1CCC[C@@H]1CNC(=O)COc1ccc(Cl)cc1C. The van der Waals surface area contributed by atoms with Crippen LogP contribution in [0.5, 0.6) is 5.75 Å². The van der Waals surface area contributed by atoms with Crippen molar-refractivity contribution in [2.45, 2.75) is 32.7 Å². The van der Waals surface area contributed by atoms with E-state index in [-0.39, 0.29) is 12.5 Å². The quantitative estimate of drug-likeness (QED) is 0.829. The van der Waals surface area contributed by atoms with Gasteiger partial charge in [0.25, 0.3) is 5.91 Å². The zero-order chi connectivity index (χ0) is 15.2. The molecule has 21 heavy (non-hydrogen) atoms. The Hall–Kier alpha value is -1.26. The molecule has 0 radical (unpaired) electrons. The van der Waals surface area contributed by atoms with Crippen LogP contribution in [0, 0.1) is 6.92 Å². The van der Waals surface area contributed by atoms with Gasteiger partial charge in [-0.3, -0.25) is 4.79 Å². The number of likely N-dealkylation sites (tertiary alicyclic amines) is 1. The highest BCUT2D eigenvalue weighted by atomic mass is 35.5. The van der Waals surface area contributed by atoms with Gasteiger partial charge in [0.05, 0.1) is 19.6 Å². The number of benzene rings is 1. The molecule has 1 unspecified atom stereocenters. The second kappa shape index (κ2) is 7.66. The lowest BCUT2D eigenvalue weighted by atomic mass is 10.2. The lowest BCUT2D eigenvalue weighted by molar-refractivity contribution is -0.909. The van der Waals surface area contributed by atoms with Crippen LogP contribution >= 0.6 is 11.6 Å². The van der Waals surface area contributed by atoms with E-state index < -0.39 is 0 Å². The number of hydrogen-bond donors (Lipinski definition) is 2. The molecule has 0 aromatic heterocycles. The number of aryl methyl sites for hydroxylation is 1. The summed E-state index contributed by atoms with van der Waals surface area (Å²) in [6, 6.07) is 5.94. The topological polar surface area (TPSA) is 42.8 Å². The van der Waals surface area contributed by atoms with Crippen molar-refractivity contribution in [3.05, 3.63) is 28.8 Å². The van der Waals surface area contributed by atoms with Crippen LogP contribution in [0.4, 0.5) is 0 Å². The van der Waals surface area contributed by atoms with Crippen LogP contribution in [0.3, 0.4) is 0 Å². The molecule has 2 atom stereocenters. The summed E-state index contributed by atoms with van der Waals surface area (Å²) < 4.78 is 5.54. The molecule has 1 saturated heterocycles. The van der Waals surface area contributed by atoms with Gasteiger partial charge in [-0.2, -0.15) is 0 Å². The largest absolute Gasteiger partial charge is 0.484 e. The van der Waals surface area contributed by atoms with Gasteiger partial charge in [-0.25, -0.2) is 0 Å². The van der Waals surface area contributed by atoms with Gasteiger partial charge in [0.2, 0.25) is 0 Å². The third-order valence-corrected chi connectivity index (χ3v) is 4.36. The van der Waals surface area contributed by atoms with Crippen molar-refractivity contribution in [2.24, 2.45) is 0 Å². The number of nitrogens with one attached hydrogen (secondary N) is 2. The minimum atomic E-state index is -0.0632. The Kier molecular flexibility index (Phi) is 5.88. The van der Waals surface area contributed by atoms with E-state index >= 15 is 0 Å². The first-order valence-electron chi connectivity index (χ1n) is 7.60. The molecular formula is C16H24ClN2O2+. The third-order valence-electron chi connectivity index (χ3n) is 4.12. The van der Waals surface area contributed by atoms with E-state index in [0.29, 0.717) is 16.8 Å². The van der Waals surface area contributed by atoms with E-state index in [2.05, 4.69) is 12.2 Å². The summed E-state index contributed by atoms with van der Waals surface area (Å²) in [5.41, 5.74) is 0.938. The lowest BCUT2D eigenvalue weighted by Crippen LogP contribution is -3.14. The average Bonchev–Trinajstić information content (AvgIpc) is 2.91. The molecular weight excluding hydrogens is 288 g/mol. The highest BCUT2D eigenvalue weighted by molar-refractivity contribution is 6.30. The number of quaternary nitrogens is 1. The summed E-state index contributed by atoms with van der Waals surface area (Å²) in [5.74, 6) is 0.642. The zero-order valence-electron chi connectivity index (χ0n) is 12.7. The third kappa shape index (κ3) is 4.61. The molecule has 5 heteroatoms. The van der Waals surface area contributed by atoms with E-state index in [1.807, 2.05) is 13.0 Å². The fraction of sp³-hybridized carbons (Fsp3) is 0.562. The molecule has 1 amide bonds. The smallest absolute Gasteiger partial charge is 0.258 e. The molecule has 4 nitrogen and oxygen atoms in total. The monoisotopic (exact) mass is 311 g/mol. The number of carbonyl (C=O) groups excluding carboxylic acids is 1. The molecule has 0 bridgehead atoms. The summed E-state index contributed by atoms with van der Waals surface area (Å²) in [6.07, 6.45) is 2.45. The number of halogens is 1. The molecule has 1 aliphatic rings. The molecule has 0 spiro atoms. The van der Waals surface area contributed by atoms with Crippen molar-refractivity contribution in [1.29, 1.82) is 0 Å². The summed E-state index contributed by atoms with van der Waals surface area (Å²) in [5, 5.41) is 3.65. The molecule has 1 aromatic rings. The summed E-state index contributed by atoms with van der Waals surface area (Å²) in [4.78, 5) is 13.5. The molecule has 0 saturated carbocycles. The number of ether oxygens (including phenoxy) is 1. The molecule has 0 aliphatic carbocycles. The van der Waals surface area contributed by atoms with Crippen molar-refractivity contribution in [2.75, 3.05) is 26.2 Å². The van der Waals surface area contributed by atoms with Gasteiger partial charge in [-0.15, -0.1) is 0 Å². The zero-order valence-corrected chi connectivity index (χ0v) is 13.5. The van der Waals surface area contributed by atoms with Crippen LogP contribution in [0.2, 0.25) is 5.02 Å². The maximum atomic E-state index is 11.9. The average molecular weight is 312 g/mol. The van der Waals surface area contributed by atoms with Gasteiger partial charge >= 0.3 is 0 Å². The maximum Gasteiger partial charge on any atom is 0.258 e. The van der Waals surface area contributed by atoms with Crippen molar-refractivity contribution in [3.8, 4) is 5.75 Å². The molecule has 2 N–H and O–H groups in total. The fourth-order valence-corrected chi connectivity index (χ4v) is 3.13. The number of hydrogen-bond acceptors (Lipinski definition) is 2. The normalized spacial score (nSPS) is 21.3. The first-order valence-corrected chi connectivity index (χ1v) is 7.98. The van der Waals surface area contributed by atoms with Crippen molar-refractivity contribution < 1.29 is 14.4 Å². The molecule has 1 aromatic carbocycles. The van der Waals surface area contributed by atoms with Gasteiger partial charge in [-0.05, 0) is 37.6 Å². The second-order valence-electron chi connectivity index (χ2n) is 5.60. The van der Waals surface area contributed by atoms with Gasteiger partial charge in [0.15, 0.2) is 6.61 Å². The van der Waals surface area contributed by atoms with Gasteiger partial charge < -0.3 is 15.0 Å². The van der Waals surface area contributed by atoms with E-state index in [4.69, 9.17) is 16.3 Å². The number of amides is 1. The minimum absolute atomic E-state index is 0.0522. The maximum absolute atomic E-state index is 11.9. The highest BCUT2D eigenvalue weighted by Crippen LogP contribution is 2.21. The predicted molar refractivity (Wildman–Crippen MR) is 84.1 cm³/mol. The van der Waals surface area contributed by atoms with Gasteiger partial charge in [-0.1, -0.05) is 11.6 Å². The first kappa shape index (κ1) is 16.1. The molecule has 1 aliphatic heterocycles. The van der Waals surface area contributed by atoms with Crippen molar-refractivity contribution in [3.63, 3.8) is 0 Å². The molecule has 2 rings (SSSR count). The van der Waals surface area contributed by atoms with Crippen LogP contribution in [0.15, 0.2) is 18.2 Å².